The number of fused-ring (bicyclic) bond motifs is 1. The molecule has 5 N–H and O–H groups in total. The number of hydrogen-bond acceptors (Lipinski definition) is 4. The van der Waals surface area contributed by atoms with Gasteiger partial charge in [-0.25, -0.2) is 5.43 Å². The van der Waals surface area contributed by atoms with Crippen LogP contribution >= 0.6 is 0 Å². The number of Topliss-reactive ketones (excluding diaryl/α,β-unsaturated/α-hetero) is 1. The zero-order chi connectivity index (χ0) is 19.1. The Kier molecular flexibility index (Phi) is 6.91. The van der Waals surface area contributed by atoms with E-state index in [2.05, 4.69) is 15.8 Å². The van der Waals surface area contributed by atoms with Gasteiger partial charge in [0, 0.05) is 36.2 Å². The maximum Gasteiger partial charge on any atom is 0.237 e. The van der Waals surface area contributed by atoms with Gasteiger partial charge in [-0.15, -0.1) is 0 Å². The smallest absolute Gasteiger partial charge is 0.237 e. The van der Waals surface area contributed by atoms with Crippen molar-refractivity contribution >= 4 is 28.5 Å². The van der Waals surface area contributed by atoms with Crippen LogP contribution in [0.15, 0.2) is 30.3 Å². The average Bonchev–Trinajstić information content (AvgIpc) is 3.01. The Hall–Kier alpha value is -2.67. The zero-order valence-corrected chi connectivity index (χ0v) is 15.2. The second-order valence-corrected chi connectivity index (χ2v) is 6.86. The van der Waals surface area contributed by atoms with Gasteiger partial charge in [0.2, 0.25) is 11.8 Å². The molecule has 0 unspecified atom stereocenters. The fourth-order valence-electron chi connectivity index (χ4n) is 2.85. The first-order valence-electron chi connectivity index (χ1n) is 8.78. The first kappa shape index (κ1) is 19.7. The Balaban J connectivity index is 2.00. The highest BCUT2D eigenvalue weighted by Gasteiger charge is 2.24. The summed E-state index contributed by atoms with van der Waals surface area (Å²) in [7, 11) is 0. The van der Waals surface area contributed by atoms with Crippen LogP contribution in [0.1, 0.15) is 43.6 Å². The maximum atomic E-state index is 12.6. The fourth-order valence-corrected chi connectivity index (χ4v) is 2.85. The Morgan fingerprint density at radius 1 is 1.19 bits per heavy atom. The van der Waals surface area contributed by atoms with Crippen molar-refractivity contribution < 1.29 is 14.4 Å². The van der Waals surface area contributed by atoms with Crippen LogP contribution in [0.3, 0.4) is 0 Å². The number of hydrogen-bond donors (Lipinski definition) is 4. The quantitative estimate of drug-likeness (QED) is 0.295. The van der Waals surface area contributed by atoms with E-state index >= 15 is 0 Å². The standard InChI is InChI=1S/C19H26N4O3/c1-12(2)9-14(19(26)23-21-8-7-18(20)25)11-17(24)16-10-13-5-3-4-6-15(13)22-16/h3-6,10,12,14,21-22H,7-9,11H2,1-2H3,(H2,20,25)(H,23,26)/t14-/m1/s1. The predicted molar refractivity (Wildman–Crippen MR) is 100 cm³/mol. The van der Waals surface area contributed by atoms with E-state index in [9.17, 15) is 14.4 Å². The van der Waals surface area contributed by atoms with E-state index in [1.54, 1.807) is 0 Å². The zero-order valence-electron chi connectivity index (χ0n) is 15.2. The van der Waals surface area contributed by atoms with Gasteiger partial charge in [-0.2, -0.15) is 0 Å². The molecule has 140 valence electrons. The number of carbonyl (C=O) groups excluding carboxylic acids is 3. The van der Waals surface area contributed by atoms with Gasteiger partial charge in [0.25, 0.3) is 0 Å². The molecule has 2 aromatic rings. The van der Waals surface area contributed by atoms with Crippen LogP contribution in [0, 0.1) is 11.8 Å². The summed E-state index contributed by atoms with van der Waals surface area (Å²) in [5.74, 6) is -0.979. The van der Waals surface area contributed by atoms with E-state index < -0.39 is 11.8 Å². The van der Waals surface area contributed by atoms with Gasteiger partial charge in [0.15, 0.2) is 5.78 Å². The number of aromatic nitrogens is 1. The third-order valence-electron chi connectivity index (χ3n) is 4.10. The summed E-state index contributed by atoms with van der Waals surface area (Å²) < 4.78 is 0. The summed E-state index contributed by atoms with van der Waals surface area (Å²) in [6, 6.07) is 9.47. The molecule has 1 heterocycles. The third kappa shape index (κ3) is 5.70. The highest BCUT2D eigenvalue weighted by molar-refractivity contribution is 6.01. The Bertz CT molecular complexity index is 749. The molecule has 0 fully saturated rings. The number of H-pyrrole nitrogens is 1. The highest BCUT2D eigenvalue weighted by atomic mass is 16.2. The maximum absolute atomic E-state index is 12.6. The molecule has 26 heavy (non-hydrogen) atoms. The van der Waals surface area contributed by atoms with Crippen LogP contribution in [0.5, 0.6) is 0 Å². The number of hydrazine groups is 1. The lowest BCUT2D eigenvalue weighted by molar-refractivity contribution is -0.127. The van der Waals surface area contributed by atoms with Crippen LogP contribution in [0.4, 0.5) is 0 Å². The van der Waals surface area contributed by atoms with Crippen molar-refractivity contribution in [2.24, 2.45) is 17.6 Å². The monoisotopic (exact) mass is 358 g/mol. The molecule has 0 saturated carbocycles. The van der Waals surface area contributed by atoms with Crippen molar-refractivity contribution in [3.63, 3.8) is 0 Å². The number of para-hydroxylation sites is 1. The molecule has 0 saturated heterocycles. The minimum absolute atomic E-state index is 0.0980. The Labute approximate surface area is 152 Å². The van der Waals surface area contributed by atoms with Crippen molar-refractivity contribution in [1.82, 2.24) is 15.8 Å². The molecule has 0 aliphatic rings. The van der Waals surface area contributed by atoms with E-state index in [-0.39, 0.29) is 37.0 Å². The van der Waals surface area contributed by atoms with E-state index in [0.29, 0.717) is 12.1 Å². The SMILES string of the molecule is CC(C)C[C@H](CC(=O)c1cc2ccccc2[nH]1)C(=O)NNCCC(N)=O. The Morgan fingerprint density at radius 3 is 2.58 bits per heavy atom. The van der Waals surface area contributed by atoms with Crippen LogP contribution in [-0.2, 0) is 9.59 Å². The van der Waals surface area contributed by atoms with Crippen molar-refractivity contribution in [2.75, 3.05) is 6.54 Å². The fraction of sp³-hybridized carbons (Fsp3) is 0.421. The Morgan fingerprint density at radius 2 is 1.92 bits per heavy atom. The topological polar surface area (TPSA) is 117 Å². The number of carbonyl (C=O) groups is 3. The lowest BCUT2D eigenvalue weighted by Gasteiger charge is -2.18. The number of primary amides is 1. The molecule has 0 spiro atoms. The van der Waals surface area contributed by atoms with Gasteiger partial charge in [-0.05, 0) is 24.5 Å². The van der Waals surface area contributed by atoms with Crippen molar-refractivity contribution in [1.29, 1.82) is 0 Å². The number of amides is 2. The van der Waals surface area contributed by atoms with Crippen molar-refractivity contribution in [2.45, 2.75) is 33.1 Å². The van der Waals surface area contributed by atoms with Gasteiger partial charge >= 0.3 is 0 Å². The molecule has 0 radical (unpaired) electrons. The normalized spacial score (nSPS) is 12.3. The van der Waals surface area contributed by atoms with Crippen molar-refractivity contribution in [3.8, 4) is 0 Å². The number of nitrogens with two attached hydrogens (primary N) is 1. The lowest BCUT2D eigenvalue weighted by Crippen LogP contribution is -2.43. The second kappa shape index (κ2) is 9.15. The largest absolute Gasteiger partial charge is 0.370 e. The molecule has 0 aliphatic heterocycles. The second-order valence-electron chi connectivity index (χ2n) is 6.86. The summed E-state index contributed by atoms with van der Waals surface area (Å²) in [6.07, 6.45) is 0.840. The van der Waals surface area contributed by atoms with Crippen LogP contribution in [0.2, 0.25) is 0 Å². The van der Waals surface area contributed by atoms with Crippen molar-refractivity contribution in [3.05, 3.63) is 36.0 Å². The number of benzene rings is 1. The van der Waals surface area contributed by atoms with E-state index in [1.807, 2.05) is 44.2 Å². The lowest BCUT2D eigenvalue weighted by atomic mass is 9.91. The van der Waals surface area contributed by atoms with Gasteiger partial charge in [-0.1, -0.05) is 32.0 Å². The molecule has 2 amide bonds. The molecule has 0 aliphatic carbocycles. The molecule has 0 bridgehead atoms. The molecule has 1 aromatic carbocycles. The first-order chi connectivity index (χ1) is 12.4. The van der Waals surface area contributed by atoms with Gasteiger partial charge in [0.05, 0.1) is 5.69 Å². The number of nitrogens with one attached hydrogen (secondary N) is 3. The summed E-state index contributed by atoms with van der Waals surface area (Å²) in [5.41, 5.74) is 11.7. The molecule has 1 aromatic heterocycles. The molecule has 7 heteroatoms. The molecular weight excluding hydrogens is 332 g/mol. The van der Waals surface area contributed by atoms with E-state index in [4.69, 9.17) is 5.73 Å². The first-order valence-corrected chi connectivity index (χ1v) is 8.78. The molecular formula is C19H26N4O3. The summed E-state index contributed by atoms with van der Waals surface area (Å²) in [5, 5.41) is 0.967. The van der Waals surface area contributed by atoms with E-state index in [1.165, 1.54) is 0 Å². The van der Waals surface area contributed by atoms with Gasteiger partial charge in [0.1, 0.15) is 0 Å². The highest BCUT2D eigenvalue weighted by Crippen LogP contribution is 2.21. The third-order valence-corrected chi connectivity index (χ3v) is 4.10. The number of rotatable bonds is 10. The average molecular weight is 358 g/mol. The van der Waals surface area contributed by atoms with Crippen LogP contribution < -0.4 is 16.6 Å². The molecule has 7 nitrogen and oxygen atoms in total. The summed E-state index contributed by atoms with van der Waals surface area (Å²) in [6.45, 7) is 4.27. The number of ketones is 1. The minimum Gasteiger partial charge on any atom is -0.370 e. The van der Waals surface area contributed by atoms with Gasteiger partial charge in [-0.3, -0.25) is 19.8 Å². The van der Waals surface area contributed by atoms with Crippen LogP contribution in [0.25, 0.3) is 10.9 Å². The summed E-state index contributed by atoms with van der Waals surface area (Å²) in [4.78, 5) is 38.9. The summed E-state index contributed by atoms with van der Waals surface area (Å²) >= 11 is 0. The van der Waals surface area contributed by atoms with E-state index in [0.717, 1.165) is 10.9 Å². The number of aromatic amines is 1. The van der Waals surface area contributed by atoms with Crippen LogP contribution in [-0.4, -0.2) is 29.1 Å². The minimum atomic E-state index is -0.449. The molecule has 2 rings (SSSR count). The van der Waals surface area contributed by atoms with Gasteiger partial charge < -0.3 is 10.7 Å². The molecule has 1 atom stereocenters. The predicted octanol–water partition coefficient (Wildman–Crippen LogP) is 1.90.